The molecule has 398 valence electrons. The number of nitrogens with one attached hydrogen (secondary N) is 2. The fourth-order valence-corrected chi connectivity index (χ4v) is 9.79. The molecule has 4 fully saturated rings. The van der Waals surface area contributed by atoms with Crippen molar-refractivity contribution in [2.45, 2.75) is 158 Å². The maximum absolute atomic E-state index is 13.2. The van der Waals surface area contributed by atoms with E-state index >= 15 is 0 Å². The Morgan fingerprint density at radius 1 is 0.817 bits per heavy atom. The highest BCUT2D eigenvalue weighted by molar-refractivity contribution is 5.78. The molecule has 4 saturated heterocycles. The van der Waals surface area contributed by atoms with Crippen molar-refractivity contribution in [3.05, 3.63) is 71.8 Å². The number of aliphatic carboxylic acids is 1. The molecule has 20 heteroatoms. The molecule has 0 aliphatic carbocycles. The highest BCUT2D eigenvalue weighted by Gasteiger charge is 2.55. The zero-order valence-corrected chi connectivity index (χ0v) is 41.8. The van der Waals surface area contributed by atoms with E-state index in [1.807, 2.05) is 67.6 Å². The molecule has 4 heterocycles. The fourth-order valence-electron chi connectivity index (χ4n) is 9.79. The van der Waals surface area contributed by atoms with Crippen LogP contribution in [-0.4, -0.2) is 167 Å². The van der Waals surface area contributed by atoms with Crippen LogP contribution in [0.1, 0.15) is 90.2 Å². The molecule has 8 unspecified atom stereocenters. The second-order valence-corrected chi connectivity index (χ2v) is 19.5. The van der Waals surface area contributed by atoms with E-state index in [1.54, 1.807) is 4.90 Å². The molecule has 0 bridgehead atoms. The van der Waals surface area contributed by atoms with E-state index in [2.05, 4.69) is 24.5 Å². The minimum absolute atomic E-state index is 0.0476. The highest BCUT2D eigenvalue weighted by Crippen LogP contribution is 2.41. The van der Waals surface area contributed by atoms with Crippen molar-refractivity contribution in [2.24, 2.45) is 23.5 Å². The van der Waals surface area contributed by atoms with Gasteiger partial charge in [0.15, 0.2) is 0 Å². The van der Waals surface area contributed by atoms with Gasteiger partial charge >= 0.3 is 24.0 Å². The zero-order valence-electron chi connectivity index (χ0n) is 41.8. The predicted molar refractivity (Wildman–Crippen MR) is 257 cm³/mol. The maximum atomic E-state index is 13.2. The van der Waals surface area contributed by atoms with Crippen LogP contribution in [0.15, 0.2) is 60.7 Å². The molecule has 20 nitrogen and oxygen atoms in total. The number of hydrogen-bond acceptors (Lipinski definition) is 18. The Hall–Kier alpha value is -4.32. The molecule has 2 aromatic carbocycles. The number of benzene rings is 2. The molecule has 9 N–H and O–H groups in total. The Balaban J connectivity index is 0.000000316. The zero-order chi connectivity index (χ0) is 51.7. The van der Waals surface area contributed by atoms with Crippen LogP contribution in [0.2, 0.25) is 0 Å². The lowest BCUT2D eigenvalue weighted by atomic mass is 9.78. The quantitative estimate of drug-likeness (QED) is 0.0621. The lowest BCUT2D eigenvalue weighted by molar-refractivity contribution is -0.323. The summed E-state index contributed by atoms with van der Waals surface area (Å²) in [5.41, 5.74) is 7.57. The summed E-state index contributed by atoms with van der Waals surface area (Å²) in [7, 11) is 1.34. The molecule has 0 aromatic heterocycles. The molecular weight excluding hydrogens is 925 g/mol. The number of carboxylic acid groups (broad SMARTS) is 1. The smallest absolute Gasteiger partial charge is 0.410 e. The van der Waals surface area contributed by atoms with Crippen molar-refractivity contribution in [3.8, 4) is 0 Å². The number of aliphatic hydroxyl groups excluding tert-OH is 4. The lowest BCUT2D eigenvalue weighted by Gasteiger charge is -2.46. The first-order valence-corrected chi connectivity index (χ1v) is 24.9. The van der Waals surface area contributed by atoms with Gasteiger partial charge in [0, 0.05) is 69.5 Å². The van der Waals surface area contributed by atoms with Crippen LogP contribution in [0.4, 0.5) is 4.79 Å². The predicted octanol–water partition coefficient (Wildman–Crippen LogP) is 2.60. The van der Waals surface area contributed by atoms with Crippen molar-refractivity contribution in [1.29, 1.82) is 0 Å². The van der Waals surface area contributed by atoms with E-state index < -0.39 is 61.0 Å². The molecule has 0 spiro atoms. The van der Waals surface area contributed by atoms with Gasteiger partial charge in [-0.3, -0.25) is 4.79 Å². The van der Waals surface area contributed by atoms with Gasteiger partial charge in [-0.15, -0.1) is 0 Å². The molecule has 1 amide bonds. The number of nitrogens with two attached hydrogens (primary N) is 1. The van der Waals surface area contributed by atoms with Crippen LogP contribution < -0.4 is 16.4 Å². The molecule has 0 radical (unpaired) electrons. The number of carbonyl (C=O) groups is 4. The van der Waals surface area contributed by atoms with Gasteiger partial charge in [0.2, 0.25) is 0 Å². The number of carboxylic acids is 1. The third kappa shape index (κ3) is 16.3. The van der Waals surface area contributed by atoms with E-state index in [9.17, 15) is 39.6 Å². The Bertz CT molecular complexity index is 1960. The van der Waals surface area contributed by atoms with Crippen molar-refractivity contribution < 1.29 is 77.9 Å². The van der Waals surface area contributed by atoms with Crippen LogP contribution in [0.5, 0.6) is 0 Å². The Morgan fingerprint density at radius 3 is 1.94 bits per heavy atom. The summed E-state index contributed by atoms with van der Waals surface area (Å²) >= 11 is 0. The fraction of sp³-hybridized carbons (Fsp3) is 0.686. The van der Waals surface area contributed by atoms with E-state index in [0.29, 0.717) is 45.5 Å². The monoisotopic (exact) mass is 1000 g/mol. The molecule has 4 aliphatic rings. The van der Waals surface area contributed by atoms with Gasteiger partial charge in [-0.2, -0.15) is 0 Å². The van der Waals surface area contributed by atoms with Crippen molar-refractivity contribution in [1.82, 2.24) is 15.5 Å². The first kappa shape index (κ1) is 57.6. The minimum Gasteiger partial charge on any atom is -0.477 e. The summed E-state index contributed by atoms with van der Waals surface area (Å²) < 4.78 is 39.6. The van der Waals surface area contributed by atoms with Crippen LogP contribution in [0, 0.1) is 17.8 Å². The Kier molecular flexibility index (Phi) is 22.4. The molecule has 0 saturated carbocycles. The van der Waals surface area contributed by atoms with Gasteiger partial charge in [-0.25, -0.2) is 14.4 Å². The van der Waals surface area contributed by atoms with Gasteiger partial charge in [0.25, 0.3) is 11.6 Å². The summed E-state index contributed by atoms with van der Waals surface area (Å²) in [6.07, 6.45) is -2.00. The summed E-state index contributed by atoms with van der Waals surface area (Å²) in [6.45, 7) is 8.98. The third-order valence-electron chi connectivity index (χ3n) is 14.0. The topological polar surface area (TPSA) is 287 Å². The van der Waals surface area contributed by atoms with E-state index in [-0.39, 0.29) is 79.9 Å². The van der Waals surface area contributed by atoms with E-state index in [0.717, 1.165) is 36.8 Å². The standard InChI is InChI=1S/C36H50N2O8.C15H28N2O8/c1-25-20-36(34(40)42-5,46-33(27(25)3)26(2)23-43-28(4)39)45-19-18-31-16-17-32(37-31)22-38(21-29-12-8-6-9-13-29)35(41)44-24-30-14-10-7-11-15-30;16-6-9-2-1-8(17-9)3-4-24-15(14(22)23)5-10(19)12(21)13(25-15)11(20)7-18/h6-15,25-27,31-33,37H,16-24H2,1-5H3;8-13,17-21H,1-7,16H2,(H,22,23)/t25?,26-,27-,31?,32?,33?,36-;8?,9?,10?,11-,12-,13?,15-/m11/s1. The van der Waals surface area contributed by atoms with Crippen LogP contribution >= 0.6 is 0 Å². The van der Waals surface area contributed by atoms with Gasteiger partial charge in [-0.05, 0) is 61.5 Å². The molecule has 6 rings (SSSR count). The number of nitrogens with zero attached hydrogens (tertiary/aromatic N) is 1. The summed E-state index contributed by atoms with van der Waals surface area (Å²) in [5.74, 6) is -5.98. The number of amides is 1. The number of hydrogen-bond donors (Lipinski definition) is 8. The summed E-state index contributed by atoms with van der Waals surface area (Å²) in [6, 6.07) is 20.2. The van der Waals surface area contributed by atoms with Crippen molar-refractivity contribution in [2.75, 3.05) is 46.6 Å². The van der Waals surface area contributed by atoms with Crippen molar-refractivity contribution >= 4 is 24.0 Å². The normalized spacial score (nSPS) is 31.4. The third-order valence-corrected chi connectivity index (χ3v) is 14.0. The molecule has 2 aromatic rings. The second kappa shape index (κ2) is 27.7. The molecule has 4 aliphatic heterocycles. The maximum Gasteiger partial charge on any atom is 0.410 e. The largest absolute Gasteiger partial charge is 0.477 e. The van der Waals surface area contributed by atoms with Crippen LogP contribution in [0.25, 0.3) is 0 Å². The Morgan fingerprint density at radius 2 is 1.38 bits per heavy atom. The second-order valence-electron chi connectivity index (χ2n) is 19.5. The van der Waals surface area contributed by atoms with Crippen LogP contribution in [-0.2, 0) is 60.7 Å². The van der Waals surface area contributed by atoms with E-state index in [1.165, 1.54) is 14.0 Å². The molecular formula is C51H78N4O16. The van der Waals surface area contributed by atoms with E-state index in [4.69, 9.17) is 44.0 Å². The summed E-state index contributed by atoms with van der Waals surface area (Å²) in [5, 5.41) is 55.1. The number of carbonyl (C=O) groups excluding carboxylic acids is 3. The number of rotatable bonds is 22. The molecule has 14 atom stereocenters. The minimum atomic E-state index is -2.19. The number of esters is 2. The first-order valence-electron chi connectivity index (χ1n) is 24.9. The highest BCUT2D eigenvalue weighted by atomic mass is 16.7. The number of ether oxygens (including phenoxy) is 7. The van der Waals surface area contributed by atoms with Gasteiger partial charge < -0.3 is 80.0 Å². The lowest BCUT2D eigenvalue weighted by Crippen LogP contribution is -2.62. The number of aliphatic hydroxyl groups is 4. The summed E-state index contributed by atoms with van der Waals surface area (Å²) in [4.78, 5) is 51.2. The Labute approximate surface area is 416 Å². The molecule has 71 heavy (non-hydrogen) atoms. The average molecular weight is 1000 g/mol. The number of methoxy groups -OCH3 is 1. The SMILES string of the molecule is COC(=O)[C@@]1(OCCC2CCC(CN(Cc3ccccc3)C(=O)OCc3ccccc3)N2)CC(C)[C@@H](C)C([C@H](C)COC(C)=O)O1.NCC1CCC(CCO[C@]2(C(=O)O)CC(O)[C@@H](O)C([C@H](O)CO)O2)N1. The van der Waals surface area contributed by atoms with Crippen molar-refractivity contribution in [3.63, 3.8) is 0 Å². The van der Waals surface area contributed by atoms with Gasteiger partial charge in [0.1, 0.15) is 24.9 Å². The van der Waals surface area contributed by atoms with Gasteiger partial charge in [0.05, 0.1) is 45.7 Å². The van der Waals surface area contributed by atoms with Crippen LogP contribution in [0.3, 0.4) is 0 Å². The first-order chi connectivity index (χ1) is 33.9. The average Bonchev–Trinajstić information content (AvgIpc) is 4.03. The van der Waals surface area contributed by atoms with Gasteiger partial charge in [-0.1, -0.05) is 81.4 Å².